The number of nitrogens with zero attached hydrogens (tertiary/aromatic N) is 4. The largest absolute Gasteiger partial charge is 0.378 e. The summed E-state index contributed by atoms with van der Waals surface area (Å²) in [4.78, 5) is 0. The third kappa shape index (κ3) is 3.73. The standard InChI is InChI=1S/C13H25N5O/c1-9(2)7-14-10(3)13-15-16-17-18(13)8-12-5-6-19-11(12)4/h9-12,14H,5-8H2,1-4H3. The Kier molecular flexibility index (Phi) is 4.87. The molecule has 108 valence electrons. The fourth-order valence-electron chi connectivity index (χ4n) is 2.39. The highest BCUT2D eigenvalue weighted by atomic mass is 16.5. The van der Waals surface area contributed by atoms with Crippen LogP contribution in [0.4, 0.5) is 0 Å². The highest BCUT2D eigenvalue weighted by Gasteiger charge is 2.26. The van der Waals surface area contributed by atoms with Crippen LogP contribution in [0, 0.1) is 11.8 Å². The molecule has 1 N–H and O–H groups in total. The normalized spacial score (nSPS) is 25.1. The number of hydrogen-bond acceptors (Lipinski definition) is 5. The molecule has 6 nitrogen and oxygen atoms in total. The maximum atomic E-state index is 5.60. The molecular weight excluding hydrogens is 242 g/mol. The van der Waals surface area contributed by atoms with E-state index in [1.165, 1.54) is 0 Å². The van der Waals surface area contributed by atoms with Crippen molar-refractivity contribution in [2.24, 2.45) is 11.8 Å². The van der Waals surface area contributed by atoms with Crippen molar-refractivity contribution in [1.29, 1.82) is 0 Å². The molecule has 2 heterocycles. The van der Waals surface area contributed by atoms with Crippen molar-refractivity contribution in [3.63, 3.8) is 0 Å². The molecule has 0 bridgehead atoms. The first-order chi connectivity index (χ1) is 9.08. The van der Waals surface area contributed by atoms with Crippen molar-refractivity contribution in [3.8, 4) is 0 Å². The molecule has 0 saturated carbocycles. The van der Waals surface area contributed by atoms with Gasteiger partial charge in [0.1, 0.15) is 0 Å². The molecule has 19 heavy (non-hydrogen) atoms. The molecule has 0 amide bonds. The predicted octanol–water partition coefficient (Wildman–Crippen LogP) is 1.40. The lowest BCUT2D eigenvalue weighted by atomic mass is 10.0. The molecule has 1 aromatic rings. The lowest BCUT2D eigenvalue weighted by Crippen LogP contribution is -2.28. The molecule has 3 unspecified atom stereocenters. The number of ether oxygens (including phenoxy) is 1. The van der Waals surface area contributed by atoms with E-state index in [1.54, 1.807) is 0 Å². The summed E-state index contributed by atoms with van der Waals surface area (Å²) in [5.74, 6) is 2.05. The molecular formula is C13H25N5O. The molecule has 1 fully saturated rings. The van der Waals surface area contributed by atoms with Gasteiger partial charge in [-0.1, -0.05) is 13.8 Å². The van der Waals surface area contributed by atoms with Crippen molar-refractivity contribution >= 4 is 0 Å². The Balaban J connectivity index is 1.96. The van der Waals surface area contributed by atoms with Crippen LogP contribution in [-0.2, 0) is 11.3 Å². The van der Waals surface area contributed by atoms with Gasteiger partial charge in [0.25, 0.3) is 0 Å². The molecule has 0 spiro atoms. The van der Waals surface area contributed by atoms with Crippen LogP contribution >= 0.6 is 0 Å². The van der Waals surface area contributed by atoms with E-state index in [0.717, 1.165) is 31.9 Å². The van der Waals surface area contributed by atoms with E-state index in [0.29, 0.717) is 17.9 Å². The zero-order chi connectivity index (χ0) is 13.8. The van der Waals surface area contributed by atoms with E-state index >= 15 is 0 Å². The van der Waals surface area contributed by atoms with Gasteiger partial charge in [-0.25, -0.2) is 4.68 Å². The summed E-state index contributed by atoms with van der Waals surface area (Å²) < 4.78 is 7.52. The van der Waals surface area contributed by atoms with E-state index in [-0.39, 0.29) is 6.04 Å². The smallest absolute Gasteiger partial charge is 0.167 e. The van der Waals surface area contributed by atoms with Gasteiger partial charge in [0, 0.05) is 12.5 Å². The van der Waals surface area contributed by atoms with E-state index < -0.39 is 0 Å². The molecule has 0 aliphatic carbocycles. The van der Waals surface area contributed by atoms with Crippen molar-refractivity contribution in [2.45, 2.75) is 52.8 Å². The second-order valence-electron chi connectivity index (χ2n) is 5.87. The van der Waals surface area contributed by atoms with Crippen LogP contribution in [-0.4, -0.2) is 39.5 Å². The molecule has 0 aromatic carbocycles. The summed E-state index contributed by atoms with van der Waals surface area (Å²) in [6.07, 6.45) is 1.39. The summed E-state index contributed by atoms with van der Waals surface area (Å²) >= 11 is 0. The van der Waals surface area contributed by atoms with Gasteiger partial charge >= 0.3 is 0 Å². The SMILES string of the molecule is CC(C)CNC(C)c1nnnn1CC1CCOC1C. The minimum atomic E-state index is 0.176. The highest BCUT2D eigenvalue weighted by Crippen LogP contribution is 2.22. The molecule has 1 aliphatic rings. The molecule has 2 rings (SSSR count). The predicted molar refractivity (Wildman–Crippen MR) is 72.6 cm³/mol. The maximum Gasteiger partial charge on any atom is 0.167 e. The molecule has 6 heteroatoms. The van der Waals surface area contributed by atoms with Crippen LogP contribution in [0.5, 0.6) is 0 Å². The Labute approximate surface area is 114 Å². The average molecular weight is 267 g/mol. The fourth-order valence-corrected chi connectivity index (χ4v) is 2.39. The van der Waals surface area contributed by atoms with Crippen LogP contribution in [0.25, 0.3) is 0 Å². The van der Waals surface area contributed by atoms with Gasteiger partial charge < -0.3 is 10.1 Å². The fraction of sp³-hybridized carbons (Fsp3) is 0.923. The van der Waals surface area contributed by atoms with E-state index in [9.17, 15) is 0 Å². The Morgan fingerprint density at radius 2 is 2.21 bits per heavy atom. The number of tetrazole rings is 1. The minimum absolute atomic E-state index is 0.176. The lowest BCUT2D eigenvalue weighted by Gasteiger charge is -2.18. The zero-order valence-corrected chi connectivity index (χ0v) is 12.3. The molecule has 1 aliphatic heterocycles. The van der Waals surface area contributed by atoms with Crippen LogP contribution in [0.15, 0.2) is 0 Å². The van der Waals surface area contributed by atoms with Gasteiger partial charge in [-0.15, -0.1) is 5.10 Å². The Morgan fingerprint density at radius 1 is 1.42 bits per heavy atom. The molecule has 1 aromatic heterocycles. The van der Waals surface area contributed by atoms with Crippen molar-refractivity contribution in [2.75, 3.05) is 13.2 Å². The van der Waals surface area contributed by atoms with Crippen LogP contribution in [0.2, 0.25) is 0 Å². The van der Waals surface area contributed by atoms with E-state index in [1.807, 2.05) is 4.68 Å². The van der Waals surface area contributed by atoms with Gasteiger partial charge in [0.2, 0.25) is 0 Å². The molecule has 0 radical (unpaired) electrons. The number of rotatable bonds is 6. The number of aromatic nitrogens is 4. The quantitative estimate of drug-likeness (QED) is 0.844. The number of hydrogen-bond donors (Lipinski definition) is 1. The Morgan fingerprint density at radius 3 is 2.84 bits per heavy atom. The monoisotopic (exact) mass is 267 g/mol. The average Bonchev–Trinajstić information content (AvgIpc) is 2.97. The van der Waals surface area contributed by atoms with Crippen molar-refractivity contribution in [3.05, 3.63) is 5.82 Å². The summed E-state index contributed by atoms with van der Waals surface area (Å²) in [5.41, 5.74) is 0. The third-order valence-corrected chi connectivity index (χ3v) is 3.72. The zero-order valence-electron chi connectivity index (χ0n) is 12.3. The topological polar surface area (TPSA) is 64.9 Å². The second-order valence-corrected chi connectivity index (χ2v) is 5.87. The van der Waals surface area contributed by atoms with Crippen LogP contribution in [0.1, 0.15) is 46.0 Å². The minimum Gasteiger partial charge on any atom is -0.378 e. The van der Waals surface area contributed by atoms with E-state index in [2.05, 4.69) is 48.5 Å². The van der Waals surface area contributed by atoms with Crippen molar-refractivity contribution in [1.82, 2.24) is 25.5 Å². The van der Waals surface area contributed by atoms with Crippen molar-refractivity contribution < 1.29 is 4.74 Å². The Bertz CT molecular complexity index is 392. The van der Waals surface area contributed by atoms with Gasteiger partial charge in [0.05, 0.1) is 18.7 Å². The summed E-state index contributed by atoms with van der Waals surface area (Å²) in [5, 5.41) is 15.6. The maximum absolute atomic E-state index is 5.60. The van der Waals surface area contributed by atoms with Gasteiger partial charge in [-0.3, -0.25) is 0 Å². The third-order valence-electron chi connectivity index (χ3n) is 3.72. The molecule has 1 saturated heterocycles. The van der Waals surface area contributed by atoms with Gasteiger partial charge in [0.15, 0.2) is 5.82 Å². The van der Waals surface area contributed by atoms with Gasteiger partial charge in [-0.2, -0.15) is 0 Å². The first-order valence-electron chi connectivity index (χ1n) is 7.19. The van der Waals surface area contributed by atoms with Gasteiger partial charge in [-0.05, 0) is 43.2 Å². The highest BCUT2D eigenvalue weighted by molar-refractivity contribution is 4.90. The summed E-state index contributed by atoms with van der Waals surface area (Å²) in [6.45, 7) is 11.3. The second kappa shape index (κ2) is 6.43. The molecule has 3 atom stereocenters. The lowest BCUT2D eigenvalue weighted by molar-refractivity contribution is 0.100. The first kappa shape index (κ1) is 14.4. The first-order valence-corrected chi connectivity index (χ1v) is 7.19. The number of nitrogens with one attached hydrogen (secondary N) is 1. The summed E-state index contributed by atoms with van der Waals surface area (Å²) in [6, 6.07) is 0.176. The summed E-state index contributed by atoms with van der Waals surface area (Å²) in [7, 11) is 0. The van der Waals surface area contributed by atoms with E-state index in [4.69, 9.17) is 4.74 Å². The Hall–Kier alpha value is -1.01. The van der Waals surface area contributed by atoms with Crippen LogP contribution in [0.3, 0.4) is 0 Å². The van der Waals surface area contributed by atoms with Crippen LogP contribution < -0.4 is 5.32 Å².